The van der Waals surface area contributed by atoms with Gasteiger partial charge >= 0.3 is 0 Å². The maximum Gasteiger partial charge on any atom is 0.237 e. The monoisotopic (exact) mass is 527 g/mol. The minimum absolute atomic E-state index is 0.0295. The number of halogens is 1. The average Bonchev–Trinajstić information content (AvgIpc) is 3.14. The SMILES string of the molecule is CCC1=CC=C(N(CC(C)C)S(=O)(=O)C2CCC3C(Br)=NN(C4CCCCO4)C3C2)CC1. The van der Waals surface area contributed by atoms with Gasteiger partial charge in [0.2, 0.25) is 10.0 Å². The molecule has 0 N–H and O–H groups in total. The molecule has 0 amide bonds. The van der Waals surface area contributed by atoms with E-state index in [0.29, 0.717) is 19.4 Å². The molecular formula is C24H38BrN3O3S. The van der Waals surface area contributed by atoms with Crippen molar-refractivity contribution in [3.8, 4) is 0 Å². The lowest BCUT2D eigenvalue weighted by atomic mass is 9.85. The minimum atomic E-state index is -3.45. The first kappa shape index (κ1) is 24.3. The Hall–Kier alpha value is -0.860. The normalized spacial score (nSPS) is 31.2. The van der Waals surface area contributed by atoms with E-state index in [9.17, 15) is 8.42 Å². The molecule has 32 heavy (non-hydrogen) atoms. The third kappa shape index (κ3) is 4.97. The van der Waals surface area contributed by atoms with Crippen LogP contribution in [0.25, 0.3) is 0 Å². The predicted octanol–water partition coefficient (Wildman–Crippen LogP) is 5.38. The molecule has 2 aliphatic carbocycles. The number of fused-ring (bicyclic) bond motifs is 1. The number of hydrazone groups is 1. The standard InChI is InChI=1S/C24H38BrN3O3S/c1-4-18-8-10-19(11-9-18)27(16-17(2)3)32(29,30)20-12-13-21-22(15-20)28(26-24(21)25)23-7-5-6-14-31-23/h8,10,17,20-23H,4-7,9,11-16H2,1-3H3. The lowest BCUT2D eigenvalue weighted by Gasteiger charge is -2.41. The molecule has 2 aliphatic heterocycles. The average molecular weight is 529 g/mol. The van der Waals surface area contributed by atoms with Crippen molar-refractivity contribution >= 4 is 30.6 Å². The number of sulfonamides is 1. The first-order chi connectivity index (χ1) is 15.3. The van der Waals surface area contributed by atoms with Gasteiger partial charge in [0.1, 0.15) is 10.8 Å². The Morgan fingerprint density at radius 3 is 2.66 bits per heavy atom. The lowest BCUT2D eigenvalue weighted by Crippen LogP contribution is -2.50. The van der Waals surface area contributed by atoms with Crippen molar-refractivity contribution in [2.45, 2.75) is 96.1 Å². The van der Waals surface area contributed by atoms with Crippen molar-refractivity contribution < 1.29 is 13.2 Å². The minimum Gasteiger partial charge on any atom is -0.357 e. The summed E-state index contributed by atoms with van der Waals surface area (Å²) in [6.07, 6.45) is 12.3. The zero-order valence-electron chi connectivity index (χ0n) is 19.7. The Morgan fingerprint density at radius 1 is 1.22 bits per heavy atom. The van der Waals surface area contributed by atoms with Crippen LogP contribution >= 0.6 is 15.9 Å². The van der Waals surface area contributed by atoms with E-state index in [1.165, 1.54) is 5.57 Å². The maximum absolute atomic E-state index is 14.0. The lowest BCUT2D eigenvalue weighted by molar-refractivity contribution is -0.104. The van der Waals surface area contributed by atoms with Crippen LogP contribution in [0.15, 0.2) is 28.5 Å². The van der Waals surface area contributed by atoms with Crippen LogP contribution < -0.4 is 0 Å². The van der Waals surface area contributed by atoms with Crippen LogP contribution in [0.4, 0.5) is 0 Å². The van der Waals surface area contributed by atoms with Gasteiger partial charge in [-0.3, -0.25) is 9.31 Å². The molecule has 1 saturated heterocycles. The zero-order valence-corrected chi connectivity index (χ0v) is 22.1. The second kappa shape index (κ2) is 10.2. The van der Waals surface area contributed by atoms with Gasteiger partial charge in [0.25, 0.3) is 0 Å². The number of allylic oxidation sites excluding steroid dienone is 4. The van der Waals surface area contributed by atoms with Crippen LogP contribution in [0.1, 0.15) is 78.6 Å². The highest BCUT2D eigenvalue weighted by atomic mass is 79.9. The predicted molar refractivity (Wildman–Crippen MR) is 133 cm³/mol. The summed E-state index contributed by atoms with van der Waals surface area (Å²) in [4.78, 5) is 0. The van der Waals surface area contributed by atoms with Crippen LogP contribution in [0.2, 0.25) is 0 Å². The first-order valence-corrected chi connectivity index (χ1v) is 14.6. The molecule has 0 aromatic heterocycles. The number of ether oxygens (including phenoxy) is 1. The van der Waals surface area contributed by atoms with E-state index in [1.54, 1.807) is 4.31 Å². The van der Waals surface area contributed by atoms with Crippen molar-refractivity contribution in [3.05, 3.63) is 23.4 Å². The molecule has 4 unspecified atom stereocenters. The largest absolute Gasteiger partial charge is 0.357 e. The zero-order chi connectivity index (χ0) is 22.9. The molecule has 6 nitrogen and oxygen atoms in total. The number of nitrogens with zero attached hydrogens (tertiary/aromatic N) is 3. The van der Waals surface area contributed by atoms with Crippen LogP contribution in [0, 0.1) is 11.8 Å². The highest BCUT2D eigenvalue weighted by Crippen LogP contribution is 2.42. The van der Waals surface area contributed by atoms with E-state index in [0.717, 1.165) is 61.9 Å². The van der Waals surface area contributed by atoms with E-state index in [4.69, 9.17) is 9.84 Å². The Bertz CT molecular complexity index is 877. The molecule has 4 atom stereocenters. The molecule has 1 saturated carbocycles. The van der Waals surface area contributed by atoms with Gasteiger partial charge in [-0.05, 0) is 85.7 Å². The first-order valence-electron chi connectivity index (χ1n) is 12.3. The molecule has 4 rings (SSSR count). The Kier molecular flexibility index (Phi) is 7.72. The summed E-state index contributed by atoms with van der Waals surface area (Å²) in [6.45, 7) is 7.66. The summed E-state index contributed by atoms with van der Waals surface area (Å²) >= 11 is 3.67. The molecule has 2 fully saturated rings. The van der Waals surface area contributed by atoms with E-state index < -0.39 is 10.0 Å². The van der Waals surface area contributed by atoms with Gasteiger partial charge in [-0.25, -0.2) is 8.42 Å². The van der Waals surface area contributed by atoms with E-state index in [2.05, 4.69) is 47.8 Å². The molecule has 4 aliphatic rings. The van der Waals surface area contributed by atoms with E-state index in [-0.39, 0.29) is 29.4 Å². The van der Waals surface area contributed by atoms with E-state index >= 15 is 0 Å². The summed E-state index contributed by atoms with van der Waals surface area (Å²) < 4.78 is 36.7. The number of hydrogen-bond acceptors (Lipinski definition) is 5. The third-order valence-electron chi connectivity index (χ3n) is 7.32. The highest BCUT2D eigenvalue weighted by Gasteiger charge is 2.48. The Labute approximate surface area is 202 Å². The number of rotatable bonds is 7. The van der Waals surface area contributed by atoms with Crippen LogP contribution in [-0.4, -0.2) is 53.0 Å². The summed E-state index contributed by atoms with van der Waals surface area (Å²) in [5, 5.41) is 6.49. The summed E-state index contributed by atoms with van der Waals surface area (Å²) in [5.74, 6) is 0.545. The van der Waals surface area contributed by atoms with Crippen molar-refractivity contribution in [3.63, 3.8) is 0 Å². The van der Waals surface area contributed by atoms with Gasteiger partial charge in [-0.1, -0.05) is 32.4 Å². The molecule has 2 heterocycles. The van der Waals surface area contributed by atoms with Crippen LogP contribution in [0.3, 0.4) is 0 Å². The molecule has 0 bridgehead atoms. The smallest absolute Gasteiger partial charge is 0.237 e. The molecule has 180 valence electrons. The molecule has 0 aromatic rings. The molecule has 0 radical (unpaired) electrons. The second-order valence-corrected chi connectivity index (χ2v) is 13.0. The summed E-state index contributed by atoms with van der Waals surface area (Å²) in [5.41, 5.74) is 2.35. The topological polar surface area (TPSA) is 62.2 Å². The van der Waals surface area contributed by atoms with Crippen LogP contribution in [0.5, 0.6) is 0 Å². The van der Waals surface area contributed by atoms with Gasteiger partial charge in [0.15, 0.2) is 0 Å². The molecule has 8 heteroatoms. The Morgan fingerprint density at radius 2 is 2.03 bits per heavy atom. The van der Waals surface area contributed by atoms with Gasteiger partial charge in [-0.2, -0.15) is 5.10 Å². The van der Waals surface area contributed by atoms with Crippen molar-refractivity contribution in [2.24, 2.45) is 16.9 Å². The fourth-order valence-corrected chi connectivity index (χ4v) is 8.42. The van der Waals surface area contributed by atoms with Gasteiger partial charge in [-0.15, -0.1) is 0 Å². The van der Waals surface area contributed by atoms with E-state index in [1.807, 2.05) is 6.08 Å². The van der Waals surface area contributed by atoms with Crippen molar-refractivity contribution in [1.82, 2.24) is 9.31 Å². The number of hydrogen-bond donors (Lipinski definition) is 0. The van der Waals surface area contributed by atoms with Crippen molar-refractivity contribution in [1.29, 1.82) is 0 Å². The fraction of sp³-hybridized carbons (Fsp3) is 0.792. The van der Waals surface area contributed by atoms with Gasteiger partial charge < -0.3 is 4.74 Å². The fourth-order valence-electron chi connectivity index (χ4n) is 5.49. The van der Waals surface area contributed by atoms with Crippen molar-refractivity contribution in [2.75, 3.05) is 13.2 Å². The van der Waals surface area contributed by atoms with Gasteiger partial charge in [0, 0.05) is 24.8 Å². The molecule has 0 spiro atoms. The second-order valence-electron chi connectivity index (χ2n) is 10.0. The third-order valence-corrected chi connectivity index (χ3v) is 10.3. The quantitative estimate of drug-likeness (QED) is 0.446. The van der Waals surface area contributed by atoms with Crippen LogP contribution in [-0.2, 0) is 14.8 Å². The van der Waals surface area contributed by atoms with Gasteiger partial charge in [0.05, 0.1) is 11.3 Å². The summed E-state index contributed by atoms with van der Waals surface area (Å²) in [7, 11) is -3.45. The Balaban J connectivity index is 1.56. The summed E-state index contributed by atoms with van der Waals surface area (Å²) in [6, 6.07) is 0.0915. The maximum atomic E-state index is 14.0. The molecule has 0 aromatic carbocycles. The highest BCUT2D eigenvalue weighted by molar-refractivity contribution is 9.18. The molecular weight excluding hydrogens is 490 g/mol.